The summed E-state index contributed by atoms with van der Waals surface area (Å²) in [6.45, 7) is 2.83. The van der Waals surface area contributed by atoms with E-state index in [2.05, 4.69) is 10.2 Å². The first-order valence-electron chi connectivity index (χ1n) is 8.89. The van der Waals surface area contributed by atoms with Crippen molar-refractivity contribution in [2.24, 2.45) is 10.9 Å². The SMILES string of the molecule is I.O=S1(=O)CCC(CN=C(NC2CCCCC2)N2CCCC2)C1. The summed E-state index contributed by atoms with van der Waals surface area (Å²) in [5.74, 6) is 1.93. The molecule has 0 spiro atoms. The van der Waals surface area contributed by atoms with E-state index < -0.39 is 9.84 Å². The van der Waals surface area contributed by atoms with Gasteiger partial charge < -0.3 is 10.2 Å². The summed E-state index contributed by atoms with van der Waals surface area (Å²) in [5.41, 5.74) is 0. The van der Waals surface area contributed by atoms with E-state index in [1.54, 1.807) is 0 Å². The van der Waals surface area contributed by atoms with Gasteiger partial charge in [-0.15, -0.1) is 24.0 Å². The minimum absolute atomic E-state index is 0. The smallest absolute Gasteiger partial charge is 0.194 e. The van der Waals surface area contributed by atoms with E-state index >= 15 is 0 Å². The normalized spacial score (nSPS) is 28.6. The molecule has 2 saturated heterocycles. The Morgan fingerprint density at radius 1 is 1.04 bits per heavy atom. The quantitative estimate of drug-likeness (QED) is 0.404. The molecule has 1 N–H and O–H groups in total. The number of aliphatic imine (C=N–C) groups is 1. The van der Waals surface area contributed by atoms with Gasteiger partial charge in [-0.3, -0.25) is 4.99 Å². The van der Waals surface area contributed by atoms with E-state index in [-0.39, 0.29) is 29.9 Å². The summed E-state index contributed by atoms with van der Waals surface area (Å²) < 4.78 is 23.2. The fourth-order valence-electron chi connectivity index (χ4n) is 3.83. The molecule has 5 nitrogen and oxygen atoms in total. The molecule has 0 aromatic heterocycles. The summed E-state index contributed by atoms with van der Waals surface area (Å²) in [7, 11) is -2.79. The molecule has 3 aliphatic rings. The molecule has 1 unspecified atom stereocenters. The molecule has 0 amide bonds. The largest absolute Gasteiger partial charge is 0.354 e. The standard InChI is InChI=1S/C16H29N3O2S.HI/c20-22(21)11-8-14(13-22)12-17-16(19-9-4-5-10-19)18-15-6-2-1-3-7-15;/h14-15H,1-13H2,(H,17,18);1H. The number of halogens is 1. The van der Waals surface area contributed by atoms with Gasteiger partial charge in [-0.2, -0.15) is 0 Å². The van der Waals surface area contributed by atoms with E-state index in [0.29, 0.717) is 24.1 Å². The Morgan fingerprint density at radius 2 is 1.74 bits per heavy atom. The number of sulfone groups is 1. The van der Waals surface area contributed by atoms with Crippen LogP contribution in [0.1, 0.15) is 51.4 Å². The molecule has 2 aliphatic heterocycles. The molecule has 1 saturated carbocycles. The lowest BCUT2D eigenvalue weighted by atomic mass is 9.96. The lowest BCUT2D eigenvalue weighted by molar-refractivity contribution is 0.388. The molecule has 23 heavy (non-hydrogen) atoms. The van der Waals surface area contributed by atoms with Crippen LogP contribution in [-0.4, -0.2) is 56.5 Å². The fraction of sp³-hybridized carbons (Fsp3) is 0.938. The van der Waals surface area contributed by atoms with Crippen LogP contribution in [0.2, 0.25) is 0 Å². The van der Waals surface area contributed by atoms with Gasteiger partial charge in [-0.05, 0) is 38.0 Å². The van der Waals surface area contributed by atoms with E-state index in [0.717, 1.165) is 25.5 Å². The molecule has 0 aromatic rings. The van der Waals surface area contributed by atoms with Crippen molar-refractivity contribution >= 4 is 39.8 Å². The van der Waals surface area contributed by atoms with Gasteiger partial charge in [0, 0.05) is 25.7 Å². The maximum atomic E-state index is 11.6. The van der Waals surface area contributed by atoms with Gasteiger partial charge in [0.1, 0.15) is 0 Å². The third kappa shape index (κ3) is 5.76. The highest BCUT2D eigenvalue weighted by atomic mass is 127. The Balaban J connectivity index is 0.00000192. The third-order valence-electron chi connectivity index (χ3n) is 5.17. The monoisotopic (exact) mass is 455 g/mol. The number of nitrogens with one attached hydrogen (secondary N) is 1. The van der Waals surface area contributed by atoms with Crippen LogP contribution in [0.3, 0.4) is 0 Å². The predicted molar refractivity (Wildman–Crippen MR) is 105 cm³/mol. The Kier molecular flexibility index (Phi) is 7.44. The van der Waals surface area contributed by atoms with E-state index in [1.165, 1.54) is 44.9 Å². The number of rotatable bonds is 3. The van der Waals surface area contributed by atoms with Gasteiger partial charge in [0.2, 0.25) is 0 Å². The topological polar surface area (TPSA) is 61.8 Å². The third-order valence-corrected chi connectivity index (χ3v) is 7.01. The second kappa shape index (κ2) is 8.87. The zero-order chi connectivity index (χ0) is 15.4. The average molecular weight is 455 g/mol. The van der Waals surface area contributed by atoms with Crippen molar-refractivity contribution in [3.05, 3.63) is 0 Å². The molecule has 7 heteroatoms. The first-order valence-corrected chi connectivity index (χ1v) is 10.7. The van der Waals surface area contributed by atoms with Crippen LogP contribution >= 0.6 is 24.0 Å². The summed E-state index contributed by atoms with van der Waals surface area (Å²) in [6.07, 6.45) is 9.72. The first-order chi connectivity index (χ1) is 10.6. The van der Waals surface area contributed by atoms with Crippen molar-refractivity contribution in [3.8, 4) is 0 Å². The van der Waals surface area contributed by atoms with Crippen LogP contribution in [-0.2, 0) is 9.84 Å². The molecule has 2 heterocycles. The molecule has 3 rings (SSSR count). The number of hydrogen-bond acceptors (Lipinski definition) is 3. The van der Waals surface area contributed by atoms with Gasteiger partial charge in [0.05, 0.1) is 11.5 Å². The van der Waals surface area contributed by atoms with Gasteiger partial charge in [0.25, 0.3) is 0 Å². The maximum absolute atomic E-state index is 11.6. The summed E-state index contributed by atoms with van der Waals surface area (Å²) in [5, 5.41) is 3.67. The zero-order valence-electron chi connectivity index (χ0n) is 13.9. The highest BCUT2D eigenvalue weighted by molar-refractivity contribution is 14.0. The predicted octanol–water partition coefficient (Wildman–Crippen LogP) is 2.41. The number of likely N-dealkylation sites (tertiary alicyclic amines) is 1. The molecular formula is C16H30IN3O2S. The van der Waals surface area contributed by atoms with Crippen LogP contribution in [0, 0.1) is 5.92 Å². The first kappa shape index (κ1) is 19.3. The van der Waals surface area contributed by atoms with Gasteiger partial charge in [-0.25, -0.2) is 8.42 Å². The Bertz CT molecular complexity index is 497. The van der Waals surface area contributed by atoms with Crippen molar-refractivity contribution < 1.29 is 8.42 Å². The Morgan fingerprint density at radius 3 is 2.35 bits per heavy atom. The molecule has 134 valence electrons. The second-order valence-corrected chi connectivity index (χ2v) is 9.34. The molecule has 0 bridgehead atoms. The van der Waals surface area contributed by atoms with Gasteiger partial charge >= 0.3 is 0 Å². The fourth-order valence-corrected chi connectivity index (χ4v) is 5.68. The highest BCUT2D eigenvalue weighted by Crippen LogP contribution is 2.20. The number of guanidine groups is 1. The molecule has 0 radical (unpaired) electrons. The molecule has 3 fully saturated rings. The minimum Gasteiger partial charge on any atom is -0.354 e. The van der Waals surface area contributed by atoms with Crippen molar-refractivity contribution in [1.29, 1.82) is 0 Å². The summed E-state index contributed by atoms with van der Waals surface area (Å²) in [4.78, 5) is 7.17. The minimum atomic E-state index is -2.79. The summed E-state index contributed by atoms with van der Waals surface area (Å²) in [6, 6.07) is 0.556. The molecular weight excluding hydrogens is 425 g/mol. The van der Waals surface area contributed by atoms with Crippen LogP contribution in [0.5, 0.6) is 0 Å². The lowest BCUT2D eigenvalue weighted by Gasteiger charge is -2.29. The van der Waals surface area contributed by atoms with Crippen molar-refractivity contribution in [3.63, 3.8) is 0 Å². The van der Waals surface area contributed by atoms with Crippen LogP contribution in [0.4, 0.5) is 0 Å². The van der Waals surface area contributed by atoms with Crippen molar-refractivity contribution in [2.45, 2.75) is 57.4 Å². The number of hydrogen-bond donors (Lipinski definition) is 1. The summed E-state index contributed by atoms with van der Waals surface area (Å²) >= 11 is 0. The van der Waals surface area contributed by atoms with Crippen molar-refractivity contribution in [2.75, 3.05) is 31.1 Å². The lowest BCUT2D eigenvalue weighted by Crippen LogP contribution is -2.45. The molecule has 1 atom stereocenters. The van der Waals surface area contributed by atoms with Crippen LogP contribution in [0.15, 0.2) is 4.99 Å². The van der Waals surface area contributed by atoms with Crippen LogP contribution in [0.25, 0.3) is 0 Å². The second-order valence-electron chi connectivity index (χ2n) is 7.11. The molecule has 1 aliphatic carbocycles. The van der Waals surface area contributed by atoms with E-state index in [9.17, 15) is 8.42 Å². The van der Waals surface area contributed by atoms with Gasteiger partial charge in [0.15, 0.2) is 15.8 Å². The zero-order valence-corrected chi connectivity index (χ0v) is 17.0. The maximum Gasteiger partial charge on any atom is 0.194 e. The van der Waals surface area contributed by atoms with Crippen LogP contribution < -0.4 is 5.32 Å². The molecule has 0 aromatic carbocycles. The average Bonchev–Trinajstić information content (AvgIpc) is 3.14. The van der Waals surface area contributed by atoms with E-state index in [1.807, 2.05) is 0 Å². The highest BCUT2D eigenvalue weighted by Gasteiger charge is 2.28. The van der Waals surface area contributed by atoms with E-state index in [4.69, 9.17) is 4.99 Å². The van der Waals surface area contributed by atoms with Crippen molar-refractivity contribution in [1.82, 2.24) is 10.2 Å². The van der Waals surface area contributed by atoms with Gasteiger partial charge in [-0.1, -0.05) is 19.3 Å². The Hall–Kier alpha value is -0.0500. The number of nitrogens with zero attached hydrogens (tertiary/aromatic N) is 2. The Labute approximate surface area is 157 Å².